The Balaban J connectivity index is 1.95. The normalized spacial score (nSPS) is 19.7. The number of likely N-dealkylation sites (tertiary alicyclic amines) is 1. The molecule has 2 amide bonds. The van der Waals surface area contributed by atoms with Crippen LogP contribution in [-0.2, 0) is 0 Å². The average molecular weight is 247 g/mol. The maximum absolute atomic E-state index is 12.1. The van der Waals surface area contributed by atoms with Gasteiger partial charge in [0.15, 0.2) is 0 Å². The van der Waals surface area contributed by atoms with Gasteiger partial charge < -0.3 is 16.0 Å². The summed E-state index contributed by atoms with van der Waals surface area (Å²) < 4.78 is 0. The van der Waals surface area contributed by atoms with Gasteiger partial charge in [-0.15, -0.1) is 0 Å². The van der Waals surface area contributed by atoms with Crippen molar-refractivity contribution in [3.63, 3.8) is 0 Å². The molecule has 0 spiro atoms. The number of piperidine rings is 1. The van der Waals surface area contributed by atoms with Crippen LogP contribution in [-0.4, -0.2) is 30.6 Å². The van der Waals surface area contributed by atoms with Gasteiger partial charge in [0.2, 0.25) is 0 Å². The molecule has 2 rings (SSSR count). The van der Waals surface area contributed by atoms with Crippen molar-refractivity contribution in [2.75, 3.05) is 25.0 Å². The summed E-state index contributed by atoms with van der Waals surface area (Å²) in [5.41, 5.74) is 7.68. The zero-order valence-electron chi connectivity index (χ0n) is 10.9. The number of hydrogen-bond acceptors (Lipinski definition) is 2. The van der Waals surface area contributed by atoms with E-state index in [1.807, 2.05) is 36.1 Å². The molecule has 1 atom stereocenters. The molecule has 1 aliphatic heterocycles. The summed E-state index contributed by atoms with van der Waals surface area (Å²) in [6.07, 6.45) is 2.17. The lowest BCUT2D eigenvalue weighted by Crippen LogP contribution is -2.44. The lowest BCUT2D eigenvalue weighted by Gasteiger charge is -2.32. The number of amides is 2. The number of rotatable bonds is 2. The zero-order chi connectivity index (χ0) is 13.0. The van der Waals surface area contributed by atoms with Crippen molar-refractivity contribution in [3.8, 4) is 0 Å². The SMILES string of the molecule is Cc1cccc(NC(=O)N2CCCC(CN)C2)c1. The maximum Gasteiger partial charge on any atom is 0.321 e. The van der Waals surface area contributed by atoms with E-state index >= 15 is 0 Å². The molecule has 0 aliphatic carbocycles. The number of aryl methyl sites for hydroxylation is 1. The van der Waals surface area contributed by atoms with E-state index in [-0.39, 0.29) is 6.03 Å². The second-order valence-electron chi connectivity index (χ2n) is 4.99. The van der Waals surface area contributed by atoms with Crippen LogP contribution in [0.3, 0.4) is 0 Å². The fourth-order valence-electron chi connectivity index (χ4n) is 2.37. The minimum absolute atomic E-state index is 0.0150. The third kappa shape index (κ3) is 3.23. The molecule has 0 saturated carbocycles. The Kier molecular flexibility index (Phi) is 4.20. The number of carbonyl (C=O) groups is 1. The van der Waals surface area contributed by atoms with E-state index in [1.54, 1.807) is 0 Å². The highest BCUT2D eigenvalue weighted by molar-refractivity contribution is 5.89. The molecular weight excluding hydrogens is 226 g/mol. The number of hydrogen-bond donors (Lipinski definition) is 2. The smallest absolute Gasteiger partial charge is 0.321 e. The number of nitrogens with one attached hydrogen (secondary N) is 1. The summed E-state index contributed by atoms with van der Waals surface area (Å²) in [5.74, 6) is 0.446. The summed E-state index contributed by atoms with van der Waals surface area (Å²) in [6, 6.07) is 7.83. The molecule has 3 N–H and O–H groups in total. The van der Waals surface area contributed by atoms with Gasteiger partial charge >= 0.3 is 6.03 Å². The molecule has 0 bridgehead atoms. The molecule has 0 aromatic heterocycles. The van der Waals surface area contributed by atoms with Crippen LogP contribution < -0.4 is 11.1 Å². The molecule has 98 valence electrons. The van der Waals surface area contributed by atoms with Gasteiger partial charge in [0.1, 0.15) is 0 Å². The Bertz CT molecular complexity index is 419. The molecule has 1 saturated heterocycles. The second kappa shape index (κ2) is 5.87. The Morgan fingerprint density at radius 2 is 2.39 bits per heavy atom. The number of carbonyl (C=O) groups excluding carboxylic acids is 1. The first kappa shape index (κ1) is 12.9. The van der Waals surface area contributed by atoms with Gasteiger partial charge in [-0.2, -0.15) is 0 Å². The van der Waals surface area contributed by atoms with Crippen molar-refractivity contribution >= 4 is 11.7 Å². The number of urea groups is 1. The quantitative estimate of drug-likeness (QED) is 0.841. The van der Waals surface area contributed by atoms with Gasteiger partial charge in [-0.05, 0) is 49.9 Å². The summed E-state index contributed by atoms with van der Waals surface area (Å²) in [5, 5.41) is 2.94. The highest BCUT2D eigenvalue weighted by Gasteiger charge is 2.22. The van der Waals surface area contributed by atoms with Gasteiger partial charge in [-0.1, -0.05) is 12.1 Å². The van der Waals surface area contributed by atoms with Crippen molar-refractivity contribution in [3.05, 3.63) is 29.8 Å². The third-order valence-corrected chi connectivity index (χ3v) is 3.41. The van der Waals surface area contributed by atoms with Gasteiger partial charge in [0.25, 0.3) is 0 Å². The molecule has 1 unspecified atom stereocenters. The highest BCUT2D eigenvalue weighted by Crippen LogP contribution is 2.17. The average Bonchev–Trinajstić information content (AvgIpc) is 2.39. The molecule has 0 radical (unpaired) electrons. The fourth-order valence-corrected chi connectivity index (χ4v) is 2.37. The largest absolute Gasteiger partial charge is 0.330 e. The van der Waals surface area contributed by atoms with Gasteiger partial charge in [0, 0.05) is 18.8 Å². The standard InChI is InChI=1S/C14H21N3O/c1-11-4-2-6-13(8-11)16-14(18)17-7-3-5-12(9-15)10-17/h2,4,6,8,12H,3,5,7,9-10,15H2,1H3,(H,16,18). The molecule has 1 aliphatic rings. The van der Waals surface area contributed by atoms with E-state index in [1.165, 1.54) is 0 Å². The Morgan fingerprint density at radius 3 is 3.11 bits per heavy atom. The minimum Gasteiger partial charge on any atom is -0.330 e. The second-order valence-corrected chi connectivity index (χ2v) is 4.99. The van der Waals surface area contributed by atoms with Crippen molar-refractivity contribution in [1.82, 2.24) is 4.90 Å². The number of nitrogens with two attached hydrogens (primary N) is 1. The van der Waals surface area contributed by atoms with Crippen LogP contribution in [0.25, 0.3) is 0 Å². The van der Waals surface area contributed by atoms with E-state index < -0.39 is 0 Å². The van der Waals surface area contributed by atoms with E-state index in [0.29, 0.717) is 12.5 Å². The Labute approximate surface area is 108 Å². The van der Waals surface area contributed by atoms with Gasteiger partial charge in [-0.3, -0.25) is 0 Å². The zero-order valence-corrected chi connectivity index (χ0v) is 10.9. The van der Waals surface area contributed by atoms with Crippen LogP contribution in [0, 0.1) is 12.8 Å². The van der Waals surface area contributed by atoms with Crippen LogP contribution in [0.1, 0.15) is 18.4 Å². The minimum atomic E-state index is -0.0150. The van der Waals surface area contributed by atoms with E-state index in [4.69, 9.17) is 5.73 Å². The van der Waals surface area contributed by atoms with Crippen molar-refractivity contribution in [2.24, 2.45) is 11.7 Å². The van der Waals surface area contributed by atoms with E-state index in [2.05, 4.69) is 5.32 Å². The molecular formula is C14H21N3O. The van der Waals surface area contributed by atoms with E-state index in [9.17, 15) is 4.79 Å². The first-order valence-electron chi connectivity index (χ1n) is 6.51. The molecule has 4 nitrogen and oxygen atoms in total. The third-order valence-electron chi connectivity index (χ3n) is 3.41. The maximum atomic E-state index is 12.1. The topological polar surface area (TPSA) is 58.4 Å². The lowest BCUT2D eigenvalue weighted by molar-refractivity contribution is 0.179. The molecule has 18 heavy (non-hydrogen) atoms. The summed E-state index contributed by atoms with van der Waals surface area (Å²) in [6.45, 7) is 4.28. The summed E-state index contributed by atoms with van der Waals surface area (Å²) >= 11 is 0. The van der Waals surface area contributed by atoms with Crippen LogP contribution in [0.4, 0.5) is 10.5 Å². The molecule has 1 aromatic rings. The van der Waals surface area contributed by atoms with Crippen LogP contribution in [0.2, 0.25) is 0 Å². The number of anilines is 1. The van der Waals surface area contributed by atoms with Gasteiger partial charge in [-0.25, -0.2) is 4.79 Å². The highest BCUT2D eigenvalue weighted by atomic mass is 16.2. The Morgan fingerprint density at radius 1 is 1.56 bits per heavy atom. The first-order chi connectivity index (χ1) is 8.69. The molecule has 1 fully saturated rings. The van der Waals surface area contributed by atoms with Crippen LogP contribution in [0.5, 0.6) is 0 Å². The van der Waals surface area contributed by atoms with Crippen LogP contribution in [0.15, 0.2) is 24.3 Å². The number of benzene rings is 1. The fraction of sp³-hybridized carbons (Fsp3) is 0.500. The number of nitrogens with zero attached hydrogens (tertiary/aromatic N) is 1. The molecule has 1 aromatic carbocycles. The van der Waals surface area contributed by atoms with Crippen molar-refractivity contribution in [1.29, 1.82) is 0 Å². The summed E-state index contributed by atoms with van der Waals surface area (Å²) in [7, 11) is 0. The first-order valence-corrected chi connectivity index (χ1v) is 6.51. The summed E-state index contributed by atoms with van der Waals surface area (Å²) in [4.78, 5) is 14.0. The molecule has 1 heterocycles. The molecule has 4 heteroatoms. The monoisotopic (exact) mass is 247 g/mol. The lowest BCUT2D eigenvalue weighted by atomic mass is 9.99. The van der Waals surface area contributed by atoms with Crippen molar-refractivity contribution in [2.45, 2.75) is 19.8 Å². The van der Waals surface area contributed by atoms with Crippen LogP contribution >= 0.6 is 0 Å². The Hall–Kier alpha value is -1.55. The predicted octanol–water partition coefficient (Wildman–Crippen LogP) is 2.20. The van der Waals surface area contributed by atoms with Crippen molar-refractivity contribution < 1.29 is 4.79 Å². The van der Waals surface area contributed by atoms with E-state index in [0.717, 1.165) is 37.2 Å². The van der Waals surface area contributed by atoms with Gasteiger partial charge in [0.05, 0.1) is 0 Å². The predicted molar refractivity (Wildman–Crippen MR) is 73.5 cm³/mol.